The van der Waals surface area contributed by atoms with Crippen molar-refractivity contribution in [2.24, 2.45) is 21.8 Å². The minimum Gasteiger partial charge on any atom is -0.454 e. The summed E-state index contributed by atoms with van der Waals surface area (Å²) in [5.74, 6) is 1.35. The van der Waals surface area contributed by atoms with Crippen molar-refractivity contribution in [3.63, 3.8) is 0 Å². The highest BCUT2D eigenvalue weighted by Crippen LogP contribution is 2.63. The van der Waals surface area contributed by atoms with Crippen LogP contribution in [0.15, 0.2) is 17.2 Å². The van der Waals surface area contributed by atoms with Gasteiger partial charge < -0.3 is 9.47 Å². The second-order valence-corrected chi connectivity index (χ2v) is 8.09. The Morgan fingerprint density at radius 3 is 2.79 bits per heavy atom. The average molecular weight is 349 g/mol. The summed E-state index contributed by atoms with van der Waals surface area (Å²) in [6.07, 6.45) is 3.34. The Morgan fingerprint density at radius 1 is 1.33 bits per heavy atom. The third-order valence-electron chi connectivity index (χ3n) is 6.49. The normalized spacial score (nSPS) is 30.8. The third kappa shape index (κ3) is 2.07. The molecule has 0 aromatic heterocycles. The average Bonchev–Trinajstić information content (AvgIpc) is 3.14. The fourth-order valence-corrected chi connectivity index (χ4v) is 4.64. The molecule has 1 aromatic carbocycles. The molecule has 2 fully saturated rings. The van der Waals surface area contributed by atoms with Crippen LogP contribution in [-0.2, 0) is 0 Å². The Balaban J connectivity index is 1.55. The van der Waals surface area contributed by atoms with Crippen LogP contribution >= 0.6 is 11.6 Å². The summed E-state index contributed by atoms with van der Waals surface area (Å²) < 4.78 is 10.6. The van der Waals surface area contributed by atoms with Crippen molar-refractivity contribution in [2.75, 3.05) is 6.79 Å². The number of halogens is 1. The molecule has 2 atom stereocenters. The van der Waals surface area contributed by atoms with Gasteiger partial charge in [0.25, 0.3) is 5.91 Å². The van der Waals surface area contributed by atoms with Gasteiger partial charge in [-0.3, -0.25) is 4.79 Å². The minimum atomic E-state index is -0.285. The van der Waals surface area contributed by atoms with Gasteiger partial charge in [-0.1, -0.05) is 32.4 Å². The second kappa shape index (κ2) is 5.12. The highest BCUT2D eigenvalue weighted by Gasteiger charge is 2.60. The van der Waals surface area contributed by atoms with Crippen LogP contribution in [0, 0.1) is 16.7 Å². The maximum absolute atomic E-state index is 12.5. The number of carbonyl (C=O) groups excluding carboxylic acids is 1. The van der Waals surface area contributed by atoms with E-state index in [-0.39, 0.29) is 23.5 Å². The van der Waals surface area contributed by atoms with E-state index in [9.17, 15) is 4.79 Å². The third-order valence-corrected chi connectivity index (χ3v) is 6.77. The van der Waals surface area contributed by atoms with E-state index >= 15 is 0 Å². The molecule has 2 saturated carbocycles. The summed E-state index contributed by atoms with van der Waals surface area (Å²) in [6, 6.07) is 3.22. The molecule has 1 aromatic rings. The molecule has 0 spiro atoms. The maximum atomic E-state index is 12.5. The van der Waals surface area contributed by atoms with Gasteiger partial charge in [0.15, 0.2) is 11.5 Å². The highest BCUT2D eigenvalue weighted by molar-refractivity contribution is 6.32. The molecule has 0 unspecified atom stereocenters. The van der Waals surface area contributed by atoms with Crippen molar-refractivity contribution in [3.05, 3.63) is 22.7 Å². The van der Waals surface area contributed by atoms with Gasteiger partial charge in [0, 0.05) is 16.7 Å². The molecule has 1 amide bonds. The first-order valence-electron chi connectivity index (χ1n) is 8.29. The van der Waals surface area contributed by atoms with Crippen LogP contribution in [0.4, 0.5) is 0 Å². The van der Waals surface area contributed by atoms with E-state index in [1.54, 1.807) is 12.1 Å². The van der Waals surface area contributed by atoms with E-state index in [0.29, 0.717) is 28.0 Å². The van der Waals surface area contributed by atoms with Crippen LogP contribution in [0.1, 0.15) is 50.4 Å². The quantitative estimate of drug-likeness (QED) is 0.822. The lowest BCUT2D eigenvalue weighted by atomic mass is 9.70. The van der Waals surface area contributed by atoms with E-state index in [1.165, 1.54) is 6.42 Å². The number of rotatable bonds is 2. The molecule has 1 aliphatic heterocycles. The molecule has 1 heterocycles. The van der Waals surface area contributed by atoms with Crippen molar-refractivity contribution < 1.29 is 14.3 Å². The number of hydrogen-bond acceptors (Lipinski definition) is 4. The van der Waals surface area contributed by atoms with Gasteiger partial charge >= 0.3 is 0 Å². The molecule has 4 rings (SSSR count). The number of nitrogens with one attached hydrogen (secondary N) is 1. The van der Waals surface area contributed by atoms with E-state index in [0.717, 1.165) is 18.6 Å². The lowest BCUT2D eigenvalue weighted by molar-refractivity contribution is 0.0953. The fraction of sp³-hybridized carbons (Fsp3) is 0.556. The summed E-state index contributed by atoms with van der Waals surface area (Å²) in [5.41, 5.74) is 4.52. The Morgan fingerprint density at radius 2 is 2.12 bits per heavy atom. The van der Waals surface area contributed by atoms with Crippen LogP contribution in [-0.4, -0.2) is 18.4 Å². The number of ether oxygens (including phenoxy) is 2. The highest BCUT2D eigenvalue weighted by atomic mass is 35.5. The monoisotopic (exact) mass is 348 g/mol. The number of nitrogens with zero attached hydrogens (tertiary/aromatic N) is 1. The molecular weight excluding hydrogens is 328 g/mol. The number of hydrazone groups is 1. The second-order valence-electron chi connectivity index (χ2n) is 7.68. The Hall–Kier alpha value is -1.75. The van der Waals surface area contributed by atoms with Crippen LogP contribution in [0.5, 0.6) is 11.5 Å². The van der Waals surface area contributed by atoms with Gasteiger partial charge in [-0.25, -0.2) is 5.43 Å². The zero-order valence-corrected chi connectivity index (χ0v) is 14.9. The van der Waals surface area contributed by atoms with Gasteiger partial charge in [0.05, 0.1) is 5.02 Å². The summed E-state index contributed by atoms with van der Waals surface area (Å²) in [6.45, 7) is 7.01. The fourth-order valence-electron chi connectivity index (χ4n) is 4.38. The van der Waals surface area contributed by atoms with Gasteiger partial charge in [0.1, 0.15) is 0 Å². The lowest BCUT2D eigenvalue weighted by Crippen LogP contribution is -2.34. The van der Waals surface area contributed by atoms with E-state index < -0.39 is 0 Å². The van der Waals surface area contributed by atoms with Crippen LogP contribution in [0.25, 0.3) is 0 Å². The van der Waals surface area contributed by atoms with Crippen molar-refractivity contribution in [2.45, 2.75) is 40.0 Å². The Kier molecular flexibility index (Phi) is 3.36. The van der Waals surface area contributed by atoms with Crippen LogP contribution in [0.2, 0.25) is 5.02 Å². The molecule has 3 aliphatic rings. The SMILES string of the molecule is CC1(C)[C@@H]2CC[C@]1(C)/C(=N/NC(=O)c1cc(Cl)c3c(c1)OCO3)C2. The van der Waals surface area contributed by atoms with Gasteiger partial charge in [-0.2, -0.15) is 5.10 Å². The molecule has 6 heteroatoms. The lowest BCUT2D eigenvalue weighted by Gasteiger charge is -2.34. The summed E-state index contributed by atoms with van der Waals surface area (Å²) in [5, 5.41) is 4.85. The minimum absolute atomic E-state index is 0.0669. The number of amides is 1. The molecule has 1 N–H and O–H groups in total. The van der Waals surface area contributed by atoms with Crippen molar-refractivity contribution >= 4 is 23.2 Å². The van der Waals surface area contributed by atoms with E-state index in [2.05, 4.69) is 31.3 Å². The van der Waals surface area contributed by atoms with E-state index in [1.807, 2.05) is 0 Å². The Labute approximate surface area is 146 Å². The molecule has 0 saturated heterocycles. The molecule has 128 valence electrons. The molecule has 2 aliphatic carbocycles. The van der Waals surface area contributed by atoms with Crippen molar-refractivity contribution in [1.29, 1.82) is 0 Å². The number of fused-ring (bicyclic) bond motifs is 3. The predicted octanol–water partition coefficient (Wildman–Crippen LogP) is 4.00. The standard InChI is InChI=1S/C18H21ClN2O3/c1-17(2)11-4-5-18(17,3)14(8-11)20-21-16(22)10-6-12(19)15-13(7-10)23-9-24-15/h6-7,11H,4-5,8-9H2,1-3H3,(H,21,22)/b20-14+/t11-,18-/m1/s1. The van der Waals surface area contributed by atoms with Crippen LogP contribution < -0.4 is 14.9 Å². The number of carbonyl (C=O) groups is 1. The van der Waals surface area contributed by atoms with E-state index in [4.69, 9.17) is 21.1 Å². The topological polar surface area (TPSA) is 59.9 Å². The first kappa shape index (κ1) is 15.8. The first-order chi connectivity index (χ1) is 11.3. The van der Waals surface area contributed by atoms with Gasteiger partial charge in [-0.05, 0) is 42.7 Å². The molecule has 2 bridgehead atoms. The van der Waals surface area contributed by atoms with Crippen molar-refractivity contribution in [1.82, 2.24) is 5.43 Å². The predicted molar refractivity (Wildman–Crippen MR) is 91.7 cm³/mol. The molecule has 24 heavy (non-hydrogen) atoms. The zero-order chi connectivity index (χ0) is 17.1. The van der Waals surface area contributed by atoms with Gasteiger partial charge in [-0.15, -0.1) is 0 Å². The maximum Gasteiger partial charge on any atom is 0.271 e. The molecule has 5 nitrogen and oxygen atoms in total. The number of benzene rings is 1. The molecular formula is C18H21ClN2O3. The first-order valence-corrected chi connectivity index (χ1v) is 8.67. The zero-order valence-electron chi connectivity index (χ0n) is 14.1. The van der Waals surface area contributed by atoms with Crippen LogP contribution in [0.3, 0.4) is 0 Å². The summed E-state index contributed by atoms with van der Waals surface area (Å²) >= 11 is 6.14. The Bertz CT molecular complexity index is 759. The largest absolute Gasteiger partial charge is 0.454 e. The number of hydrogen-bond donors (Lipinski definition) is 1. The smallest absolute Gasteiger partial charge is 0.271 e. The summed E-state index contributed by atoms with van der Waals surface area (Å²) in [7, 11) is 0. The summed E-state index contributed by atoms with van der Waals surface area (Å²) in [4.78, 5) is 12.5. The van der Waals surface area contributed by atoms with Crippen molar-refractivity contribution in [3.8, 4) is 11.5 Å². The molecule has 0 radical (unpaired) electrons. The van der Waals surface area contributed by atoms with Gasteiger partial charge in [0.2, 0.25) is 6.79 Å².